The summed E-state index contributed by atoms with van der Waals surface area (Å²) < 4.78 is 5.37. The van der Waals surface area contributed by atoms with Crippen LogP contribution < -0.4 is 15.4 Å². The third kappa shape index (κ3) is 3.83. The Bertz CT molecular complexity index is 888. The van der Waals surface area contributed by atoms with Gasteiger partial charge in [-0.05, 0) is 63.6 Å². The summed E-state index contributed by atoms with van der Waals surface area (Å²) in [6.07, 6.45) is 6.19. The van der Waals surface area contributed by atoms with E-state index in [1.165, 1.54) is 0 Å². The fourth-order valence-electron chi connectivity index (χ4n) is 4.55. The van der Waals surface area contributed by atoms with Gasteiger partial charge in [0.05, 0.1) is 0 Å². The summed E-state index contributed by atoms with van der Waals surface area (Å²) in [6, 6.07) is 10.6. The van der Waals surface area contributed by atoms with Gasteiger partial charge in [-0.2, -0.15) is 0 Å². The van der Waals surface area contributed by atoms with E-state index in [4.69, 9.17) is 4.74 Å². The maximum atomic E-state index is 12.6. The van der Waals surface area contributed by atoms with Crippen LogP contribution in [0, 0.1) is 6.92 Å². The standard InChI is InChI=1S/C21H24N4O3/c1-15-6-4-8-17(23-15)28-19(27)25-21-10-5-9-20(14-21,11-12-21)24-18(26)16-7-2-3-13-22-16/h2-4,6-8,13H,5,9-12,14H2,1H3,(H,24,26)(H,25,27)/t20-,21+/m0/s1. The topological polar surface area (TPSA) is 93.2 Å². The zero-order valence-electron chi connectivity index (χ0n) is 15.9. The molecule has 2 amide bonds. The van der Waals surface area contributed by atoms with Crippen molar-refractivity contribution in [2.24, 2.45) is 0 Å². The van der Waals surface area contributed by atoms with Gasteiger partial charge in [-0.3, -0.25) is 9.78 Å². The lowest BCUT2D eigenvalue weighted by molar-refractivity contribution is 0.0865. The first-order chi connectivity index (χ1) is 13.5. The van der Waals surface area contributed by atoms with Gasteiger partial charge in [-0.1, -0.05) is 12.1 Å². The number of amides is 2. The zero-order chi connectivity index (χ0) is 19.6. The highest BCUT2D eigenvalue weighted by molar-refractivity contribution is 5.92. The largest absolute Gasteiger partial charge is 0.414 e. The van der Waals surface area contributed by atoms with E-state index in [-0.39, 0.29) is 22.9 Å². The second-order valence-corrected chi connectivity index (χ2v) is 7.89. The Labute approximate surface area is 163 Å². The molecule has 7 heteroatoms. The lowest BCUT2D eigenvalue weighted by Crippen LogP contribution is -2.55. The fraction of sp³-hybridized carbons (Fsp3) is 0.429. The van der Waals surface area contributed by atoms with Crippen molar-refractivity contribution >= 4 is 12.0 Å². The van der Waals surface area contributed by atoms with Crippen LogP contribution in [0.3, 0.4) is 0 Å². The Kier molecular flexibility index (Phi) is 4.75. The Morgan fingerprint density at radius 1 is 1.00 bits per heavy atom. The van der Waals surface area contributed by atoms with Gasteiger partial charge in [0.2, 0.25) is 5.88 Å². The Hall–Kier alpha value is -2.96. The van der Waals surface area contributed by atoms with E-state index < -0.39 is 6.09 Å². The molecule has 2 atom stereocenters. The number of rotatable bonds is 4. The predicted octanol–water partition coefficient (Wildman–Crippen LogP) is 3.15. The molecule has 7 nitrogen and oxygen atoms in total. The van der Waals surface area contributed by atoms with E-state index in [2.05, 4.69) is 20.6 Å². The van der Waals surface area contributed by atoms with Crippen molar-refractivity contribution in [3.63, 3.8) is 0 Å². The molecule has 2 heterocycles. The molecule has 2 N–H and O–H groups in total. The zero-order valence-corrected chi connectivity index (χ0v) is 15.9. The van der Waals surface area contributed by atoms with Gasteiger partial charge in [-0.25, -0.2) is 9.78 Å². The average molecular weight is 380 g/mol. The van der Waals surface area contributed by atoms with Crippen LogP contribution in [0.15, 0.2) is 42.6 Å². The second-order valence-electron chi connectivity index (χ2n) is 7.89. The monoisotopic (exact) mass is 380 g/mol. The Balaban J connectivity index is 1.42. The lowest BCUT2D eigenvalue weighted by Gasteiger charge is -2.40. The Morgan fingerprint density at radius 3 is 2.50 bits per heavy atom. The maximum Gasteiger partial charge on any atom is 0.414 e. The van der Waals surface area contributed by atoms with Crippen molar-refractivity contribution < 1.29 is 14.3 Å². The molecule has 2 aliphatic rings. The number of ether oxygens (including phenoxy) is 1. The van der Waals surface area contributed by atoms with E-state index in [9.17, 15) is 9.59 Å². The molecule has 4 rings (SSSR count). The number of hydrogen-bond donors (Lipinski definition) is 2. The van der Waals surface area contributed by atoms with E-state index in [1.807, 2.05) is 13.0 Å². The molecule has 2 fully saturated rings. The normalized spacial score (nSPS) is 25.8. The molecule has 0 aliphatic heterocycles. The molecule has 0 saturated heterocycles. The molecule has 2 aliphatic carbocycles. The van der Waals surface area contributed by atoms with Crippen LogP contribution in [-0.2, 0) is 0 Å². The summed E-state index contributed by atoms with van der Waals surface area (Å²) in [6.45, 7) is 1.85. The van der Waals surface area contributed by atoms with Gasteiger partial charge < -0.3 is 15.4 Å². The lowest BCUT2D eigenvalue weighted by atomic mass is 9.78. The van der Waals surface area contributed by atoms with E-state index in [1.54, 1.807) is 36.5 Å². The smallest absolute Gasteiger partial charge is 0.391 e. The number of pyridine rings is 2. The van der Waals surface area contributed by atoms with Gasteiger partial charge in [-0.15, -0.1) is 0 Å². The molecule has 2 saturated carbocycles. The average Bonchev–Trinajstić information content (AvgIpc) is 2.92. The number of carbonyl (C=O) groups is 2. The van der Waals surface area contributed by atoms with Crippen molar-refractivity contribution in [1.82, 2.24) is 20.6 Å². The van der Waals surface area contributed by atoms with Crippen LogP contribution in [-0.4, -0.2) is 33.0 Å². The van der Waals surface area contributed by atoms with Gasteiger partial charge in [0.1, 0.15) is 5.69 Å². The van der Waals surface area contributed by atoms with Crippen LogP contribution >= 0.6 is 0 Å². The molecule has 28 heavy (non-hydrogen) atoms. The Morgan fingerprint density at radius 2 is 1.79 bits per heavy atom. The van der Waals surface area contributed by atoms with Crippen molar-refractivity contribution in [3.05, 3.63) is 54.0 Å². The van der Waals surface area contributed by atoms with E-state index >= 15 is 0 Å². The molecule has 2 aromatic rings. The van der Waals surface area contributed by atoms with Crippen molar-refractivity contribution in [2.45, 2.75) is 56.5 Å². The van der Waals surface area contributed by atoms with Crippen LogP contribution in [0.4, 0.5) is 4.79 Å². The van der Waals surface area contributed by atoms with Crippen LogP contribution in [0.2, 0.25) is 0 Å². The van der Waals surface area contributed by atoms with Crippen molar-refractivity contribution in [1.29, 1.82) is 0 Å². The van der Waals surface area contributed by atoms with Crippen molar-refractivity contribution in [2.75, 3.05) is 0 Å². The highest BCUT2D eigenvalue weighted by atomic mass is 16.6. The van der Waals surface area contributed by atoms with Crippen LogP contribution in [0.5, 0.6) is 5.88 Å². The quantitative estimate of drug-likeness (QED) is 0.850. The first-order valence-corrected chi connectivity index (χ1v) is 9.65. The number of aromatic nitrogens is 2. The second kappa shape index (κ2) is 7.22. The predicted molar refractivity (Wildman–Crippen MR) is 103 cm³/mol. The minimum absolute atomic E-state index is 0.162. The van der Waals surface area contributed by atoms with Gasteiger partial charge >= 0.3 is 6.09 Å². The molecule has 0 unspecified atom stereocenters. The van der Waals surface area contributed by atoms with Gasteiger partial charge in [0, 0.05) is 29.0 Å². The van der Waals surface area contributed by atoms with Crippen LogP contribution in [0.1, 0.15) is 54.7 Å². The first-order valence-electron chi connectivity index (χ1n) is 9.65. The number of nitrogens with one attached hydrogen (secondary N) is 2. The minimum Gasteiger partial charge on any atom is -0.391 e. The molecule has 146 valence electrons. The SMILES string of the molecule is Cc1cccc(OC(=O)N[C@]23CCC[C@](NC(=O)c4ccccn4)(CC2)C3)n1. The maximum absolute atomic E-state index is 12.6. The highest BCUT2D eigenvalue weighted by Crippen LogP contribution is 2.48. The number of nitrogens with zero attached hydrogens (tertiary/aromatic N) is 2. The molecule has 2 aromatic heterocycles. The number of carbonyl (C=O) groups excluding carboxylic acids is 2. The summed E-state index contributed by atoms with van der Waals surface area (Å²) in [7, 11) is 0. The summed E-state index contributed by atoms with van der Waals surface area (Å²) in [5.41, 5.74) is 0.550. The molecule has 0 spiro atoms. The summed E-state index contributed by atoms with van der Waals surface area (Å²) >= 11 is 0. The van der Waals surface area contributed by atoms with E-state index in [0.717, 1.165) is 37.8 Å². The molecular weight excluding hydrogens is 356 g/mol. The van der Waals surface area contributed by atoms with E-state index in [0.29, 0.717) is 12.1 Å². The van der Waals surface area contributed by atoms with Gasteiger partial charge in [0.15, 0.2) is 0 Å². The molecule has 2 bridgehead atoms. The number of aryl methyl sites for hydroxylation is 1. The first kappa shape index (κ1) is 18.4. The molecule has 0 aromatic carbocycles. The van der Waals surface area contributed by atoms with Gasteiger partial charge in [0.25, 0.3) is 5.91 Å². The fourth-order valence-corrected chi connectivity index (χ4v) is 4.55. The summed E-state index contributed by atoms with van der Waals surface area (Å²) in [5.74, 6) is 0.127. The third-order valence-corrected chi connectivity index (χ3v) is 5.77. The number of hydrogen-bond acceptors (Lipinski definition) is 5. The molecular formula is C21H24N4O3. The third-order valence-electron chi connectivity index (χ3n) is 5.77. The number of fused-ring (bicyclic) bond motifs is 2. The minimum atomic E-state index is -0.494. The summed E-state index contributed by atoms with van der Waals surface area (Å²) in [4.78, 5) is 33.4. The van der Waals surface area contributed by atoms with Crippen molar-refractivity contribution in [3.8, 4) is 5.88 Å². The highest BCUT2D eigenvalue weighted by Gasteiger charge is 2.52. The summed E-state index contributed by atoms with van der Waals surface area (Å²) in [5, 5.41) is 6.25. The van der Waals surface area contributed by atoms with Crippen LogP contribution in [0.25, 0.3) is 0 Å². The molecule has 0 radical (unpaired) electrons.